The Bertz CT molecular complexity index is 622. The number of carbonyl (C=O) groups excluding carboxylic acids is 1. The van der Waals surface area contributed by atoms with Crippen LogP contribution in [0.15, 0.2) is 58.4 Å². The zero-order chi connectivity index (χ0) is 16.3. The molecule has 0 saturated heterocycles. The van der Waals surface area contributed by atoms with Crippen LogP contribution in [0, 0.1) is 5.41 Å². The second kappa shape index (κ2) is 6.51. The summed E-state index contributed by atoms with van der Waals surface area (Å²) in [6.45, 7) is 10.8. The van der Waals surface area contributed by atoms with E-state index in [1.54, 1.807) is 0 Å². The van der Waals surface area contributed by atoms with Crippen molar-refractivity contribution in [3.8, 4) is 0 Å². The van der Waals surface area contributed by atoms with E-state index in [9.17, 15) is 4.79 Å². The predicted molar refractivity (Wildman–Crippen MR) is 91.2 cm³/mol. The third kappa shape index (κ3) is 3.88. The molecular weight excluding hydrogens is 272 g/mol. The van der Waals surface area contributed by atoms with Crippen LogP contribution in [0.4, 0.5) is 0 Å². The molecule has 0 aromatic carbocycles. The fourth-order valence-corrected chi connectivity index (χ4v) is 3.12. The van der Waals surface area contributed by atoms with Crippen molar-refractivity contribution in [1.82, 2.24) is 0 Å². The molecule has 0 fully saturated rings. The van der Waals surface area contributed by atoms with Crippen molar-refractivity contribution < 1.29 is 9.53 Å². The first-order chi connectivity index (χ1) is 10.3. The Morgan fingerprint density at radius 1 is 1.32 bits per heavy atom. The van der Waals surface area contributed by atoms with Crippen molar-refractivity contribution in [3.63, 3.8) is 0 Å². The molecule has 2 rings (SSSR count). The summed E-state index contributed by atoms with van der Waals surface area (Å²) >= 11 is 0. The molecule has 2 nitrogen and oxygen atoms in total. The van der Waals surface area contributed by atoms with Gasteiger partial charge in [0.05, 0.1) is 0 Å². The van der Waals surface area contributed by atoms with Crippen molar-refractivity contribution in [3.05, 3.63) is 58.4 Å². The number of hydrogen-bond acceptors (Lipinski definition) is 2. The van der Waals surface area contributed by atoms with E-state index in [1.165, 1.54) is 36.5 Å². The zero-order valence-electron chi connectivity index (χ0n) is 14.3. The molecule has 1 aliphatic heterocycles. The maximum atomic E-state index is 11.2. The van der Waals surface area contributed by atoms with E-state index in [0.29, 0.717) is 5.76 Å². The van der Waals surface area contributed by atoms with Crippen molar-refractivity contribution in [2.24, 2.45) is 5.41 Å². The lowest BCUT2D eigenvalue weighted by Gasteiger charge is -2.32. The molecule has 2 aliphatic rings. The number of rotatable bonds is 3. The fraction of sp³-hybridized carbons (Fsp3) is 0.450. The lowest BCUT2D eigenvalue weighted by Crippen LogP contribution is -2.19. The smallest absolute Gasteiger partial charge is 0.336 e. The van der Waals surface area contributed by atoms with Gasteiger partial charge in [-0.15, -0.1) is 0 Å². The second-order valence-electron chi connectivity index (χ2n) is 6.95. The highest BCUT2D eigenvalue weighted by molar-refractivity contribution is 5.88. The van der Waals surface area contributed by atoms with E-state index in [-0.39, 0.29) is 11.4 Å². The lowest BCUT2D eigenvalue weighted by molar-refractivity contribution is -0.132. The van der Waals surface area contributed by atoms with Crippen LogP contribution < -0.4 is 0 Å². The Labute approximate surface area is 133 Å². The van der Waals surface area contributed by atoms with Gasteiger partial charge in [-0.2, -0.15) is 0 Å². The van der Waals surface area contributed by atoms with Crippen LogP contribution in [-0.4, -0.2) is 5.97 Å². The molecule has 1 heterocycles. The van der Waals surface area contributed by atoms with Crippen LogP contribution in [0.2, 0.25) is 0 Å². The first kappa shape index (κ1) is 16.5. The van der Waals surface area contributed by atoms with Gasteiger partial charge in [-0.25, -0.2) is 4.79 Å². The van der Waals surface area contributed by atoms with Gasteiger partial charge in [0.1, 0.15) is 5.76 Å². The van der Waals surface area contributed by atoms with Gasteiger partial charge in [-0.05, 0) is 62.7 Å². The van der Waals surface area contributed by atoms with Crippen molar-refractivity contribution in [1.29, 1.82) is 0 Å². The van der Waals surface area contributed by atoms with Gasteiger partial charge in [0, 0.05) is 6.08 Å². The molecule has 0 aromatic rings. The van der Waals surface area contributed by atoms with Gasteiger partial charge >= 0.3 is 5.97 Å². The highest BCUT2D eigenvalue weighted by atomic mass is 16.5. The lowest BCUT2D eigenvalue weighted by atomic mass is 9.72. The summed E-state index contributed by atoms with van der Waals surface area (Å²) in [5.74, 6) is 0.362. The predicted octanol–water partition coefficient (Wildman–Crippen LogP) is 5.40. The fourth-order valence-electron chi connectivity index (χ4n) is 3.12. The monoisotopic (exact) mass is 298 g/mol. The number of ether oxygens (including phenoxy) is 1. The Morgan fingerprint density at radius 3 is 2.64 bits per heavy atom. The third-order valence-electron chi connectivity index (χ3n) is 4.49. The normalized spacial score (nSPS) is 24.2. The highest BCUT2D eigenvalue weighted by Gasteiger charge is 2.26. The topological polar surface area (TPSA) is 26.3 Å². The number of cyclic esters (lactones) is 1. The second-order valence-corrected chi connectivity index (χ2v) is 6.95. The van der Waals surface area contributed by atoms with Gasteiger partial charge in [0.25, 0.3) is 0 Å². The highest BCUT2D eigenvalue weighted by Crippen LogP contribution is 2.40. The van der Waals surface area contributed by atoms with Crippen LogP contribution in [0.5, 0.6) is 0 Å². The molecule has 1 aliphatic carbocycles. The van der Waals surface area contributed by atoms with E-state index in [2.05, 4.69) is 39.8 Å². The van der Waals surface area contributed by atoms with E-state index >= 15 is 0 Å². The van der Waals surface area contributed by atoms with E-state index in [0.717, 1.165) is 11.1 Å². The van der Waals surface area contributed by atoms with Gasteiger partial charge < -0.3 is 4.74 Å². The standard InChI is InChI=1S/C20H26O2/c1-14(9-11-18-16(3)13-19(21)22-18)8-10-17-15(2)7-6-12-20(17,4)5/h8-11,13H,6-7,12H2,1-5H3/b10-8+,14-9+,18-11+. The van der Waals surface area contributed by atoms with Crippen molar-refractivity contribution >= 4 is 5.97 Å². The molecule has 22 heavy (non-hydrogen) atoms. The number of esters is 1. The summed E-state index contributed by atoms with van der Waals surface area (Å²) in [5.41, 5.74) is 5.25. The Balaban J connectivity index is 2.13. The number of hydrogen-bond donors (Lipinski definition) is 0. The number of allylic oxidation sites excluding steroid dienone is 8. The summed E-state index contributed by atoms with van der Waals surface area (Å²) in [7, 11) is 0. The summed E-state index contributed by atoms with van der Waals surface area (Å²) in [4.78, 5) is 11.2. The SMILES string of the molecule is CC1=CC(=O)O/C1=C/C=C(C)/C=C/C1=C(C)CCCC1(C)C. The zero-order valence-corrected chi connectivity index (χ0v) is 14.3. The molecule has 0 N–H and O–H groups in total. The minimum atomic E-state index is -0.282. The van der Waals surface area contributed by atoms with Crippen LogP contribution in [0.1, 0.15) is 53.9 Å². The average Bonchev–Trinajstić information content (AvgIpc) is 2.73. The van der Waals surface area contributed by atoms with Crippen LogP contribution in [-0.2, 0) is 9.53 Å². The van der Waals surface area contributed by atoms with E-state index in [1.807, 2.05) is 19.1 Å². The summed E-state index contributed by atoms with van der Waals surface area (Å²) < 4.78 is 5.12. The number of carbonyl (C=O) groups is 1. The van der Waals surface area contributed by atoms with Crippen LogP contribution in [0.25, 0.3) is 0 Å². The molecular formula is C20H26O2. The van der Waals surface area contributed by atoms with Gasteiger partial charge in [0.2, 0.25) is 0 Å². The molecule has 0 saturated carbocycles. The molecule has 0 radical (unpaired) electrons. The Kier molecular flexibility index (Phi) is 4.90. The molecule has 0 aromatic heterocycles. The van der Waals surface area contributed by atoms with E-state index in [4.69, 9.17) is 4.74 Å². The molecule has 118 valence electrons. The quantitative estimate of drug-likeness (QED) is 0.515. The molecule has 0 spiro atoms. The maximum Gasteiger partial charge on any atom is 0.336 e. The molecule has 2 heteroatoms. The Morgan fingerprint density at radius 2 is 2.05 bits per heavy atom. The van der Waals surface area contributed by atoms with Crippen LogP contribution in [0.3, 0.4) is 0 Å². The summed E-state index contributed by atoms with van der Waals surface area (Å²) in [6.07, 6.45) is 13.5. The third-order valence-corrected chi connectivity index (χ3v) is 4.49. The van der Waals surface area contributed by atoms with Gasteiger partial charge in [-0.1, -0.05) is 43.2 Å². The van der Waals surface area contributed by atoms with E-state index < -0.39 is 0 Å². The largest absolute Gasteiger partial charge is 0.423 e. The maximum absolute atomic E-state index is 11.2. The van der Waals surface area contributed by atoms with Crippen molar-refractivity contribution in [2.45, 2.75) is 53.9 Å². The van der Waals surface area contributed by atoms with Crippen LogP contribution >= 0.6 is 0 Å². The summed E-state index contributed by atoms with van der Waals surface area (Å²) in [6, 6.07) is 0. The van der Waals surface area contributed by atoms with Crippen molar-refractivity contribution in [2.75, 3.05) is 0 Å². The first-order valence-corrected chi connectivity index (χ1v) is 7.97. The minimum Gasteiger partial charge on any atom is -0.423 e. The Hall–Kier alpha value is -1.83. The first-order valence-electron chi connectivity index (χ1n) is 7.97. The summed E-state index contributed by atoms with van der Waals surface area (Å²) in [5, 5.41) is 0. The van der Waals surface area contributed by atoms with Gasteiger partial charge in [-0.3, -0.25) is 0 Å². The minimum absolute atomic E-state index is 0.262. The molecule has 0 bridgehead atoms. The molecule has 0 unspecified atom stereocenters. The molecule has 0 amide bonds. The molecule has 0 atom stereocenters. The average molecular weight is 298 g/mol. The van der Waals surface area contributed by atoms with Gasteiger partial charge in [0.15, 0.2) is 0 Å².